The summed E-state index contributed by atoms with van der Waals surface area (Å²) in [5.74, 6) is 0.600. The quantitative estimate of drug-likeness (QED) is 0.179. The largest absolute Gasteiger partial charge is 0.434 e. The van der Waals surface area contributed by atoms with Gasteiger partial charge in [-0.3, -0.25) is 0 Å². The van der Waals surface area contributed by atoms with E-state index in [9.17, 15) is 0 Å². The van der Waals surface area contributed by atoms with Crippen molar-refractivity contribution >= 4 is 60.7 Å². The van der Waals surface area contributed by atoms with Gasteiger partial charge in [0, 0.05) is 33.0 Å². The number of benzene rings is 8. The van der Waals surface area contributed by atoms with Crippen LogP contribution < -0.4 is 4.90 Å². The molecule has 0 amide bonds. The fourth-order valence-electron chi connectivity index (χ4n) is 7.51. The Kier molecular flexibility index (Phi) is 6.78. The molecule has 0 N–H and O–H groups in total. The molecule has 0 aliphatic carbocycles. The van der Waals surface area contributed by atoms with E-state index in [0.717, 1.165) is 61.3 Å². The van der Waals surface area contributed by atoms with E-state index in [1.54, 1.807) is 0 Å². The molecule has 0 bridgehead atoms. The zero-order valence-corrected chi connectivity index (χ0v) is 27.6. The van der Waals surface area contributed by atoms with E-state index in [0.29, 0.717) is 5.89 Å². The molecule has 0 atom stereocenters. The molecular formula is C47H31N3O. The maximum absolute atomic E-state index is 6.69. The molecule has 0 spiro atoms. The van der Waals surface area contributed by atoms with Crippen LogP contribution in [0.1, 0.15) is 0 Å². The summed E-state index contributed by atoms with van der Waals surface area (Å²) in [4.78, 5) is 7.32. The average molecular weight is 654 g/mol. The number of hydrogen-bond acceptors (Lipinski definition) is 3. The molecule has 4 heteroatoms. The topological polar surface area (TPSA) is 34.2 Å². The Labute approximate surface area is 295 Å². The summed E-state index contributed by atoms with van der Waals surface area (Å²) < 4.78 is 9.07. The van der Waals surface area contributed by atoms with Gasteiger partial charge in [0.15, 0.2) is 5.58 Å². The minimum Gasteiger partial charge on any atom is -0.434 e. The van der Waals surface area contributed by atoms with Crippen molar-refractivity contribution in [3.05, 3.63) is 188 Å². The van der Waals surface area contributed by atoms with Gasteiger partial charge in [0.2, 0.25) is 5.89 Å². The molecule has 10 aromatic rings. The van der Waals surface area contributed by atoms with Crippen molar-refractivity contribution < 1.29 is 4.42 Å². The van der Waals surface area contributed by atoms with Crippen molar-refractivity contribution in [1.82, 2.24) is 9.55 Å². The minimum absolute atomic E-state index is 0.600. The maximum atomic E-state index is 6.69. The Morgan fingerprint density at radius 3 is 1.92 bits per heavy atom. The van der Waals surface area contributed by atoms with Gasteiger partial charge in [0.25, 0.3) is 0 Å². The number of oxazole rings is 1. The van der Waals surface area contributed by atoms with Crippen LogP contribution in [0.5, 0.6) is 0 Å². The zero-order chi connectivity index (χ0) is 33.7. The second-order valence-electron chi connectivity index (χ2n) is 12.8. The van der Waals surface area contributed by atoms with E-state index < -0.39 is 0 Å². The molecule has 0 aliphatic heterocycles. The SMILES string of the molecule is c1ccc(-c2nc3cccc(N(c4ccccc4-c4ccccc4)c4cccc5cc6c(cc45)c4ccccc4n6-c4ccccc4)c3o2)cc1. The summed E-state index contributed by atoms with van der Waals surface area (Å²) in [6.07, 6.45) is 0. The molecule has 0 aliphatic rings. The van der Waals surface area contributed by atoms with Gasteiger partial charge < -0.3 is 13.9 Å². The number of para-hydroxylation sites is 4. The van der Waals surface area contributed by atoms with Gasteiger partial charge in [-0.25, -0.2) is 4.98 Å². The smallest absolute Gasteiger partial charge is 0.227 e. The molecule has 8 aromatic carbocycles. The number of hydrogen-bond donors (Lipinski definition) is 0. The van der Waals surface area contributed by atoms with Crippen LogP contribution >= 0.6 is 0 Å². The van der Waals surface area contributed by atoms with Gasteiger partial charge in [-0.1, -0.05) is 121 Å². The average Bonchev–Trinajstić information content (AvgIpc) is 3.78. The molecule has 10 rings (SSSR count). The van der Waals surface area contributed by atoms with E-state index in [4.69, 9.17) is 9.40 Å². The summed E-state index contributed by atoms with van der Waals surface area (Å²) in [7, 11) is 0. The number of anilines is 3. The normalized spacial score (nSPS) is 11.5. The Bertz CT molecular complexity index is 2850. The number of nitrogens with zero attached hydrogens (tertiary/aromatic N) is 3. The van der Waals surface area contributed by atoms with E-state index in [1.807, 2.05) is 36.4 Å². The highest BCUT2D eigenvalue weighted by molar-refractivity contribution is 6.16. The van der Waals surface area contributed by atoms with Gasteiger partial charge in [0.05, 0.1) is 28.1 Å². The van der Waals surface area contributed by atoms with Crippen LogP contribution in [0.2, 0.25) is 0 Å². The first-order chi connectivity index (χ1) is 25.3. The predicted molar refractivity (Wildman–Crippen MR) is 211 cm³/mol. The van der Waals surface area contributed by atoms with Gasteiger partial charge in [-0.15, -0.1) is 0 Å². The summed E-state index contributed by atoms with van der Waals surface area (Å²) in [6.45, 7) is 0. The maximum Gasteiger partial charge on any atom is 0.227 e. The lowest BCUT2D eigenvalue weighted by molar-refractivity contribution is 0.620. The van der Waals surface area contributed by atoms with Crippen LogP contribution in [-0.4, -0.2) is 9.55 Å². The van der Waals surface area contributed by atoms with Gasteiger partial charge >= 0.3 is 0 Å². The highest BCUT2D eigenvalue weighted by Gasteiger charge is 2.24. The standard InChI is InChI=1S/C47H31N3O/c1-4-16-32(17-5-1)36-23-10-12-26-41(36)50(44-29-15-25-40-46(44)51-47(48-40)33-18-6-2-7-19-33)43-28-14-20-34-30-45-39(31-38(34)43)37-24-11-13-27-42(37)49(45)35-21-8-3-9-22-35/h1-31H. The Morgan fingerprint density at radius 2 is 1.10 bits per heavy atom. The molecular weight excluding hydrogens is 623 g/mol. The molecule has 51 heavy (non-hydrogen) atoms. The van der Waals surface area contributed by atoms with Crippen LogP contribution in [0.15, 0.2) is 192 Å². The van der Waals surface area contributed by atoms with Crippen LogP contribution in [-0.2, 0) is 0 Å². The molecule has 0 saturated carbocycles. The van der Waals surface area contributed by atoms with Crippen LogP contribution in [0.25, 0.3) is 71.9 Å². The van der Waals surface area contributed by atoms with Crippen molar-refractivity contribution in [3.8, 4) is 28.3 Å². The van der Waals surface area contributed by atoms with E-state index in [-0.39, 0.29) is 0 Å². The molecule has 240 valence electrons. The monoisotopic (exact) mass is 653 g/mol. The zero-order valence-electron chi connectivity index (χ0n) is 27.6. The first-order valence-electron chi connectivity index (χ1n) is 17.2. The minimum atomic E-state index is 0.600. The first kappa shape index (κ1) is 29.0. The van der Waals surface area contributed by atoms with Crippen LogP contribution in [0.4, 0.5) is 17.1 Å². The lowest BCUT2D eigenvalue weighted by Crippen LogP contribution is -2.12. The van der Waals surface area contributed by atoms with Gasteiger partial charge in [-0.2, -0.15) is 0 Å². The number of fused-ring (bicyclic) bond motifs is 5. The van der Waals surface area contributed by atoms with Crippen LogP contribution in [0, 0.1) is 0 Å². The highest BCUT2D eigenvalue weighted by Crippen LogP contribution is 2.47. The molecule has 2 heterocycles. The molecule has 0 fully saturated rings. The third-order valence-corrected chi connectivity index (χ3v) is 9.79. The number of aromatic nitrogens is 2. The lowest BCUT2D eigenvalue weighted by atomic mass is 9.99. The second kappa shape index (κ2) is 11.9. The van der Waals surface area contributed by atoms with Gasteiger partial charge in [0.1, 0.15) is 5.52 Å². The fourth-order valence-corrected chi connectivity index (χ4v) is 7.51. The third kappa shape index (κ3) is 4.80. The van der Waals surface area contributed by atoms with E-state index in [2.05, 4.69) is 161 Å². The van der Waals surface area contributed by atoms with E-state index >= 15 is 0 Å². The number of rotatable bonds is 6. The summed E-state index contributed by atoms with van der Waals surface area (Å²) in [6, 6.07) is 66.2. The van der Waals surface area contributed by atoms with Crippen LogP contribution in [0.3, 0.4) is 0 Å². The molecule has 0 saturated heterocycles. The Morgan fingerprint density at radius 1 is 0.451 bits per heavy atom. The molecule has 0 unspecified atom stereocenters. The van der Waals surface area contributed by atoms with Crippen molar-refractivity contribution in [2.24, 2.45) is 0 Å². The molecule has 4 nitrogen and oxygen atoms in total. The third-order valence-electron chi connectivity index (χ3n) is 9.79. The fraction of sp³-hybridized carbons (Fsp3) is 0. The van der Waals surface area contributed by atoms with Crippen molar-refractivity contribution in [2.45, 2.75) is 0 Å². The van der Waals surface area contributed by atoms with E-state index in [1.165, 1.54) is 21.8 Å². The Balaban J connectivity index is 1.28. The van der Waals surface area contributed by atoms with Gasteiger partial charge in [-0.05, 0) is 77.7 Å². The summed E-state index contributed by atoms with van der Waals surface area (Å²) >= 11 is 0. The first-order valence-corrected chi connectivity index (χ1v) is 17.2. The highest BCUT2D eigenvalue weighted by atomic mass is 16.3. The lowest BCUT2D eigenvalue weighted by Gasteiger charge is -2.29. The van der Waals surface area contributed by atoms with Crippen molar-refractivity contribution in [2.75, 3.05) is 4.90 Å². The molecule has 0 radical (unpaired) electrons. The second-order valence-corrected chi connectivity index (χ2v) is 12.8. The molecule has 2 aromatic heterocycles. The predicted octanol–water partition coefficient (Wildman–Crippen LogP) is 12.9. The Hall–Kier alpha value is -6.91. The summed E-state index contributed by atoms with van der Waals surface area (Å²) in [5, 5.41) is 4.71. The van der Waals surface area contributed by atoms with Crippen molar-refractivity contribution in [1.29, 1.82) is 0 Å². The summed E-state index contributed by atoms with van der Waals surface area (Å²) in [5.41, 5.74) is 11.3. The van der Waals surface area contributed by atoms with Crippen molar-refractivity contribution in [3.63, 3.8) is 0 Å².